The highest BCUT2D eigenvalue weighted by Gasteiger charge is 2.55. The van der Waals surface area contributed by atoms with Crippen LogP contribution >= 0.6 is 0 Å². The van der Waals surface area contributed by atoms with Crippen molar-refractivity contribution in [3.63, 3.8) is 0 Å². The van der Waals surface area contributed by atoms with E-state index in [1.807, 2.05) is 64.1 Å². The number of carbonyl (C=O) groups excluding carboxylic acids is 2. The van der Waals surface area contributed by atoms with Crippen LogP contribution in [-0.4, -0.2) is 45.5 Å². The van der Waals surface area contributed by atoms with Gasteiger partial charge in [0, 0.05) is 17.9 Å². The summed E-state index contributed by atoms with van der Waals surface area (Å²) in [5.41, 5.74) is 2.53. The highest BCUT2D eigenvalue weighted by atomic mass is 16.5. The average molecular weight is 439 g/mol. The lowest BCUT2D eigenvalue weighted by atomic mass is 9.99. The normalized spacial score (nSPS) is 17.6. The van der Waals surface area contributed by atoms with Crippen LogP contribution in [0.5, 0.6) is 0 Å². The van der Waals surface area contributed by atoms with E-state index in [4.69, 9.17) is 0 Å². The zero-order chi connectivity index (χ0) is 23.5. The van der Waals surface area contributed by atoms with Crippen LogP contribution in [0.4, 0.5) is 21.0 Å². The molecule has 7 nitrogen and oxygen atoms in total. The number of carbonyl (C=O) groups is 2. The molecule has 0 aromatic heterocycles. The van der Waals surface area contributed by atoms with Crippen LogP contribution < -0.4 is 10.2 Å². The molecule has 0 unspecified atom stereocenters. The largest absolute Gasteiger partial charge is 0.347 e. The van der Waals surface area contributed by atoms with Crippen molar-refractivity contribution in [2.75, 3.05) is 16.8 Å². The molecule has 1 fully saturated rings. The quantitative estimate of drug-likeness (QED) is 0.328. The van der Waals surface area contributed by atoms with Crippen molar-refractivity contribution in [3.05, 3.63) is 59.7 Å². The zero-order valence-corrected chi connectivity index (χ0v) is 19.6. The molecule has 32 heavy (non-hydrogen) atoms. The SMILES string of the molecule is CCCCCN1C(=O)N(c2ccc(C)cc2)[C@H](N(O)C(=O)Nc2ccc(C)cc2)C1(C)C. The summed E-state index contributed by atoms with van der Waals surface area (Å²) in [4.78, 5) is 29.8. The second-order valence-corrected chi connectivity index (χ2v) is 9.01. The van der Waals surface area contributed by atoms with E-state index in [-0.39, 0.29) is 6.03 Å². The monoisotopic (exact) mass is 438 g/mol. The molecule has 3 rings (SSSR count). The number of amides is 4. The Bertz CT molecular complexity index is 941. The molecular formula is C25H34N4O3. The number of urea groups is 2. The molecule has 0 spiro atoms. The van der Waals surface area contributed by atoms with Crippen molar-refractivity contribution in [1.82, 2.24) is 9.96 Å². The minimum Gasteiger partial charge on any atom is -0.315 e. The van der Waals surface area contributed by atoms with Crippen molar-refractivity contribution < 1.29 is 14.8 Å². The topological polar surface area (TPSA) is 76.1 Å². The van der Waals surface area contributed by atoms with Gasteiger partial charge in [0.1, 0.15) is 0 Å². The summed E-state index contributed by atoms with van der Waals surface area (Å²) in [5.74, 6) is 0. The lowest BCUT2D eigenvalue weighted by Gasteiger charge is -2.38. The molecule has 2 N–H and O–H groups in total. The summed E-state index contributed by atoms with van der Waals surface area (Å²) in [6.45, 7) is 10.4. The highest BCUT2D eigenvalue weighted by molar-refractivity contribution is 5.98. The number of rotatable bonds is 7. The number of nitrogens with one attached hydrogen (secondary N) is 1. The standard InChI is InChI=1S/C25H34N4O3/c1-6-7-8-17-27-24(31)28(21-15-11-19(3)12-16-21)22(25(27,4)5)29(32)23(30)26-20-13-9-18(2)10-14-20/h9-16,22,32H,6-8,17H2,1-5H3,(H,26,30)/t22-/m1/s1. The van der Waals surface area contributed by atoms with Gasteiger partial charge in [-0.25, -0.2) is 9.59 Å². The number of anilines is 2. The van der Waals surface area contributed by atoms with Crippen molar-refractivity contribution in [2.45, 2.75) is 65.6 Å². The fraction of sp³-hybridized carbons (Fsp3) is 0.440. The maximum atomic E-state index is 13.5. The van der Waals surface area contributed by atoms with E-state index < -0.39 is 17.7 Å². The number of hydrogen-bond acceptors (Lipinski definition) is 3. The second-order valence-electron chi connectivity index (χ2n) is 9.01. The Labute approximate surface area is 190 Å². The first kappa shape index (κ1) is 23.6. The summed E-state index contributed by atoms with van der Waals surface area (Å²) in [6.07, 6.45) is 2.01. The van der Waals surface area contributed by atoms with E-state index in [0.29, 0.717) is 23.0 Å². The first-order valence-electron chi connectivity index (χ1n) is 11.2. The van der Waals surface area contributed by atoms with E-state index in [0.717, 1.165) is 30.4 Å². The van der Waals surface area contributed by atoms with Gasteiger partial charge in [0.2, 0.25) is 0 Å². The molecule has 4 amide bonds. The molecule has 0 radical (unpaired) electrons. The van der Waals surface area contributed by atoms with Crippen molar-refractivity contribution in [2.24, 2.45) is 0 Å². The zero-order valence-electron chi connectivity index (χ0n) is 19.6. The Hall–Kier alpha value is -3.06. The molecular weight excluding hydrogens is 404 g/mol. The molecule has 2 aromatic carbocycles. The average Bonchev–Trinajstić information content (AvgIpc) is 2.95. The number of aryl methyl sites for hydroxylation is 2. The number of hydroxylamine groups is 2. The lowest BCUT2D eigenvalue weighted by Crippen LogP contribution is -2.58. The van der Waals surface area contributed by atoms with Gasteiger partial charge in [-0.2, -0.15) is 5.06 Å². The third-order valence-electron chi connectivity index (χ3n) is 6.05. The van der Waals surface area contributed by atoms with Crippen LogP contribution in [0.25, 0.3) is 0 Å². The summed E-state index contributed by atoms with van der Waals surface area (Å²) < 4.78 is 0. The van der Waals surface area contributed by atoms with E-state index >= 15 is 0 Å². The van der Waals surface area contributed by atoms with Gasteiger partial charge in [0.05, 0.1) is 5.54 Å². The maximum absolute atomic E-state index is 13.5. The van der Waals surface area contributed by atoms with Crippen LogP contribution in [0.15, 0.2) is 48.5 Å². The van der Waals surface area contributed by atoms with Gasteiger partial charge in [-0.1, -0.05) is 55.2 Å². The Morgan fingerprint density at radius 1 is 1.03 bits per heavy atom. The van der Waals surface area contributed by atoms with Crippen molar-refractivity contribution >= 4 is 23.4 Å². The molecule has 0 aliphatic carbocycles. The molecule has 2 aromatic rings. The molecule has 1 atom stereocenters. The van der Waals surface area contributed by atoms with Crippen molar-refractivity contribution in [3.8, 4) is 0 Å². The third-order valence-corrected chi connectivity index (χ3v) is 6.05. The van der Waals surface area contributed by atoms with Gasteiger partial charge in [-0.05, 0) is 58.4 Å². The number of nitrogens with zero attached hydrogens (tertiary/aromatic N) is 3. The predicted octanol–water partition coefficient (Wildman–Crippen LogP) is 5.76. The van der Waals surface area contributed by atoms with Crippen LogP contribution in [0.3, 0.4) is 0 Å². The Morgan fingerprint density at radius 2 is 1.59 bits per heavy atom. The number of benzene rings is 2. The minimum absolute atomic E-state index is 0.220. The van der Waals surface area contributed by atoms with E-state index in [9.17, 15) is 14.8 Å². The lowest BCUT2D eigenvalue weighted by molar-refractivity contribution is -0.0949. The smallest absolute Gasteiger partial charge is 0.315 e. The Balaban J connectivity index is 1.93. The van der Waals surface area contributed by atoms with Gasteiger partial charge in [0.15, 0.2) is 6.17 Å². The van der Waals surface area contributed by atoms with Gasteiger partial charge in [-0.15, -0.1) is 0 Å². The van der Waals surface area contributed by atoms with Crippen LogP contribution in [0, 0.1) is 13.8 Å². The van der Waals surface area contributed by atoms with E-state index in [2.05, 4.69) is 12.2 Å². The Kier molecular flexibility index (Phi) is 7.09. The molecule has 1 aliphatic heterocycles. The van der Waals surface area contributed by atoms with Gasteiger partial charge in [0.25, 0.3) is 0 Å². The molecule has 7 heteroatoms. The summed E-state index contributed by atoms with van der Waals surface area (Å²) in [5, 5.41) is 14.4. The molecule has 0 saturated carbocycles. The van der Waals surface area contributed by atoms with Crippen LogP contribution in [0.2, 0.25) is 0 Å². The van der Waals surface area contributed by atoms with Crippen molar-refractivity contribution in [1.29, 1.82) is 0 Å². The second kappa shape index (κ2) is 9.61. The molecule has 1 heterocycles. The summed E-state index contributed by atoms with van der Waals surface area (Å²) >= 11 is 0. The predicted molar refractivity (Wildman–Crippen MR) is 127 cm³/mol. The summed E-state index contributed by atoms with van der Waals surface area (Å²) in [6, 6.07) is 13.9. The third kappa shape index (κ3) is 4.72. The molecule has 1 aliphatic rings. The van der Waals surface area contributed by atoms with E-state index in [1.54, 1.807) is 17.0 Å². The first-order chi connectivity index (χ1) is 15.2. The highest BCUT2D eigenvalue weighted by Crippen LogP contribution is 2.38. The molecule has 1 saturated heterocycles. The first-order valence-corrected chi connectivity index (χ1v) is 11.2. The van der Waals surface area contributed by atoms with E-state index in [1.165, 1.54) is 4.90 Å². The van der Waals surface area contributed by atoms with Gasteiger partial charge >= 0.3 is 12.1 Å². The van der Waals surface area contributed by atoms with Crippen LogP contribution in [-0.2, 0) is 0 Å². The summed E-state index contributed by atoms with van der Waals surface area (Å²) in [7, 11) is 0. The number of unbranched alkanes of at least 4 members (excludes halogenated alkanes) is 2. The fourth-order valence-corrected chi connectivity index (χ4v) is 4.13. The molecule has 172 valence electrons. The minimum atomic E-state index is -0.898. The maximum Gasteiger partial charge on any atom is 0.347 e. The van der Waals surface area contributed by atoms with Crippen LogP contribution in [0.1, 0.15) is 51.2 Å². The van der Waals surface area contributed by atoms with Gasteiger partial charge < -0.3 is 10.2 Å². The van der Waals surface area contributed by atoms with Gasteiger partial charge in [-0.3, -0.25) is 10.1 Å². The molecule has 0 bridgehead atoms. The number of hydrogen-bond donors (Lipinski definition) is 2. The fourth-order valence-electron chi connectivity index (χ4n) is 4.13. The Morgan fingerprint density at radius 3 is 2.16 bits per heavy atom.